The Morgan fingerprint density at radius 1 is 1.00 bits per heavy atom. The van der Waals surface area contributed by atoms with Gasteiger partial charge in [-0.1, -0.05) is 54.6 Å². The minimum Gasteiger partial charge on any atom is -0.382 e. The van der Waals surface area contributed by atoms with Gasteiger partial charge in [-0.2, -0.15) is 0 Å². The molecule has 3 aromatic carbocycles. The van der Waals surface area contributed by atoms with Crippen molar-refractivity contribution in [2.75, 3.05) is 26.7 Å². The molecule has 0 radical (unpaired) electrons. The van der Waals surface area contributed by atoms with Crippen molar-refractivity contribution >= 4 is 45.6 Å². The zero-order valence-electron chi connectivity index (χ0n) is 17.7. The van der Waals surface area contributed by atoms with Crippen molar-refractivity contribution in [3.63, 3.8) is 0 Å². The molecule has 4 rings (SSSR count). The van der Waals surface area contributed by atoms with Crippen molar-refractivity contribution in [1.82, 2.24) is 0 Å². The molecule has 0 aromatic heterocycles. The first-order valence-electron chi connectivity index (χ1n) is 10.3. The number of ether oxygens (including phenoxy) is 2. The quantitative estimate of drug-likeness (QED) is 0.547. The van der Waals surface area contributed by atoms with Gasteiger partial charge in [-0.15, -0.1) is 23.2 Å². The maximum atomic E-state index is 12.2. The molecule has 162 valence electrons. The fraction of sp³-hybridized carbons (Fsp3) is 0.308. The Bertz CT molecular complexity index is 1220. The number of aliphatic hydroxyl groups is 1. The maximum Gasteiger partial charge on any atom is 0.121 e. The highest BCUT2D eigenvalue weighted by atomic mass is 35.5. The average Bonchev–Trinajstić information content (AvgIpc) is 2.79. The van der Waals surface area contributed by atoms with Crippen LogP contribution in [-0.4, -0.2) is 37.4 Å². The van der Waals surface area contributed by atoms with E-state index in [0.717, 1.165) is 43.5 Å². The third-order valence-electron chi connectivity index (χ3n) is 6.12. The lowest BCUT2D eigenvalue weighted by molar-refractivity contribution is -0.00701. The fourth-order valence-corrected chi connectivity index (χ4v) is 5.31. The Kier molecular flexibility index (Phi) is 6.71. The Labute approximate surface area is 192 Å². The molecule has 1 aliphatic carbocycles. The topological polar surface area (TPSA) is 38.7 Å². The molecule has 1 aliphatic rings. The van der Waals surface area contributed by atoms with Gasteiger partial charge in [0.2, 0.25) is 0 Å². The van der Waals surface area contributed by atoms with Gasteiger partial charge in [0.1, 0.15) is 5.60 Å². The predicted octanol–water partition coefficient (Wildman–Crippen LogP) is 3.95. The van der Waals surface area contributed by atoms with Gasteiger partial charge < -0.3 is 14.6 Å². The van der Waals surface area contributed by atoms with E-state index < -0.39 is 5.60 Å². The van der Waals surface area contributed by atoms with Crippen LogP contribution < -0.4 is 10.4 Å². The van der Waals surface area contributed by atoms with Crippen LogP contribution in [-0.2, 0) is 22.0 Å². The van der Waals surface area contributed by atoms with Crippen LogP contribution in [0.15, 0.2) is 54.6 Å². The van der Waals surface area contributed by atoms with Crippen LogP contribution in [0.2, 0.25) is 0 Å². The second kappa shape index (κ2) is 9.32. The Morgan fingerprint density at radius 3 is 2.45 bits per heavy atom. The number of hydrogen-bond donors (Lipinski definition) is 1. The second-order valence-electron chi connectivity index (χ2n) is 7.92. The number of alkyl halides is 2. The van der Waals surface area contributed by atoms with E-state index in [1.807, 2.05) is 30.3 Å². The minimum atomic E-state index is -1.30. The number of benzene rings is 3. The summed E-state index contributed by atoms with van der Waals surface area (Å²) in [6, 6.07) is 18.4. The van der Waals surface area contributed by atoms with Gasteiger partial charge in [-0.3, -0.25) is 0 Å². The highest BCUT2D eigenvalue weighted by Gasteiger charge is 2.43. The second-order valence-corrected chi connectivity index (χ2v) is 8.50. The van der Waals surface area contributed by atoms with Crippen LogP contribution in [0.25, 0.3) is 22.4 Å². The van der Waals surface area contributed by atoms with E-state index in [1.54, 1.807) is 14.2 Å². The summed E-state index contributed by atoms with van der Waals surface area (Å²) in [6.45, 7) is 0.503. The van der Waals surface area contributed by atoms with Crippen molar-refractivity contribution in [2.24, 2.45) is 5.92 Å². The molecule has 0 aliphatic heterocycles. The van der Waals surface area contributed by atoms with Gasteiger partial charge in [0.25, 0.3) is 0 Å². The molecule has 0 saturated carbocycles. The molecule has 3 nitrogen and oxygen atoms in total. The molecule has 2 atom stereocenters. The zero-order valence-corrected chi connectivity index (χ0v) is 19.2. The largest absolute Gasteiger partial charge is 0.382 e. The first kappa shape index (κ1) is 22.3. The van der Waals surface area contributed by atoms with Crippen molar-refractivity contribution < 1.29 is 14.6 Å². The smallest absolute Gasteiger partial charge is 0.121 e. The zero-order chi connectivity index (χ0) is 22.0. The molecule has 0 spiro atoms. The van der Waals surface area contributed by atoms with Crippen LogP contribution in [0.4, 0.5) is 0 Å². The van der Waals surface area contributed by atoms with Crippen molar-refractivity contribution in [2.45, 2.75) is 18.1 Å². The summed E-state index contributed by atoms with van der Waals surface area (Å²) < 4.78 is 11.1. The Hall–Kier alpha value is -1.88. The summed E-state index contributed by atoms with van der Waals surface area (Å²) in [5, 5.41) is 16.3. The van der Waals surface area contributed by atoms with Gasteiger partial charge >= 0.3 is 0 Å². The van der Waals surface area contributed by atoms with E-state index in [0.29, 0.717) is 12.5 Å². The summed E-state index contributed by atoms with van der Waals surface area (Å²) in [4.78, 5) is 0. The third-order valence-corrected chi connectivity index (χ3v) is 6.74. The van der Waals surface area contributed by atoms with Crippen LogP contribution in [0.1, 0.15) is 16.7 Å². The van der Waals surface area contributed by atoms with Crippen molar-refractivity contribution in [3.8, 4) is 0 Å². The molecule has 0 amide bonds. The Morgan fingerprint density at radius 2 is 1.74 bits per heavy atom. The van der Waals surface area contributed by atoms with Crippen LogP contribution in [0, 0.1) is 5.92 Å². The van der Waals surface area contributed by atoms with E-state index in [4.69, 9.17) is 32.7 Å². The molecule has 0 saturated heterocycles. The van der Waals surface area contributed by atoms with Gasteiger partial charge in [-0.25, -0.2) is 0 Å². The minimum absolute atomic E-state index is 0.121. The number of halogens is 2. The van der Waals surface area contributed by atoms with Crippen LogP contribution >= 0.6 is 23.2 Å². The number of fused-ring (bicyclic) bond motifs is 2. The van der Waals surface area contributed by atoms with Crippen LogP contribution in [0.3, 0.4) is 0 Å². The number of methoxy groups -OCH3 is 2. The first-order valence-corrected chi connectivity index (χ1v) is 11.3. The molecule has 0 fully saturated rings. The molecular formula is C26H26Cl2O3. The number of hydrogen-bond acceptors (Lipinski definition) is 3. The van der Waals surface area contributed by atoms with Gasteiger partial charge in [0.05, 0.1) is 13.2 Å². The molecule has 1 N–H and O–H groups in total. The lowest BCUT2D eigenvalue weighted by Crippen LogP contribution is -2.52. The molecule has 5 heteroatoms. The molecule has 3 aromatic rings. The molecule has 31 heavy (non-hydrogen) atoms. The highest BCUT2D eigenvalue weighted by molar-refractivity contribution is 6.18. The van der Waals surface area contributed by atoms with Gasteiger partial charge in [0.15, 0.2) is 0 Å². The van der Waals surface area contributed by atoms with E-state index in [-0.39, 0.29) is 18.4 Å². The predicted molar refractivity (Wildman–Crippen MR) is 128 cm³/mol. The van der Waals surface area contributed by atoms with Crippen molar-refractivity contribution in [1.29, 1.82) is 0 Å². The summed E-state index contributed by atoms with van der Waals surface area (Å²) >= 11 is 12.8. The Balaban J connectivity index is 2.24. The summed E-state index contributed by atoms with van der Waals surface area (Å²) in [5.74, 6) is 0.303. The molecule has 0 heterocycles. The maximum absolute atomic E-state index is 12.2. The normalized spacial score (nSPS) is 20.5. The highest BCUT2D eigenvalue weighted by Crippen LogP contribution is 2.41. The van der Waals surface area contributed by atoms with E-state index in [1.165, 1.54) is 0 Å². The SMILES string of the molecule is COCc1c(CCl)cc2ccccc2c1C1=c2ccccc2=CC(CCl)C1(O)COC. The van der Waals surface area contributed by atoms with Crippen molar-refractivity contribution in [3.05, 3.63) is 81.7 Å². The molecular weight excluding hydrogens is 431 g/mol. The average molecular weight is 457 g/mol. The summed E-state index contributed by atoms with van der Waals surface area (Å²) in [5.41, 5.74) is 2.42. The lowest BCUT2D eigenvalue weighted by atomic mass is 9.72. The fourth-order valence-electron chi connectivity index (χ4n) is 4.73. The molecule has 2 unspecified atom stereocenters. The van der Waals surface area contributed by atoms with E-state index in [2.05, 4.69) is 30.3 Å². The first-order chi connectivity index (χ1) is 15.1. The van der Waals surface area contributed by atoms with Crippen LogP contribution in [0.5, 0.6) is 0 Å². The van der Waals surface area contributed by atoms with E-state index in [9.17, 15) is 5.11 Å². The van der Waals surface area contributed by atoms with Gasteiger partial charge in [0, 0.05) is 37.5 Å². The lowest BCUT2D eigenvalue weighted by Gasteiger charge is -2.39. The summed E-state index contributed by atoms with van der Waals surface area (Å²) in [7, 11) is 3.28. The number of rotatable bonds is 7. The van der Waals surface area contributed by atoms with Gasteiger partial charge in [-0.05, 0) is 44.0 Å². The molecule has 0 bridgehead atoms. The van der Waals surface area contributed by atoms with E-state index >= 15 is 0 Å². The summed E-state index contributed by atoms with van der Waals surface area (Å²) in [6.07, 6.45) is 2.05. The monoisotopic (exact) mass is 456 g/mol. The third kappa shape index (κ3) is 3.79. The standard InChI is InChI=1S/C26H26Cl2O3/c1-30-15-23-19(13-27)11-17-7-3-5-9-21(17)24(23)25-22-10-6-4-8-18(22)12-20(14-28)26(25,29)16-31-2/h3-12,20,29H,13-16H2,1-2H3.